The molecule has 0 fully saturated rings. The number of aromatic nitrogens is 1. The Hall–Kier alpha value is -1.24. The lowest BCUT2D eigenvalue weighted by atomic mass is 10.4. The van der Waals surface area contributed by atoms with Crippen molar-refractivity contribution in [3.63, 3.8) is 0 Å². The monoisotopic (exact) mass is 255 g/mol. The molecule has 4 nitrogen and oxygen atoms in total. The number of carboxylic acids is 1. The average Bonchev–Trinajstić information content (AvgIpc) is 2.85. The number of thiophene rings is 1. The van der Waals surface area contributed by atoms with E-state index in [0.717, 1.165) is 15.6 Å². The average molecular weight is 255 g/mol. The van der Waals surface area contributed by atoms with Crippen LogP contribution >= 0.6 is 22.7 Å². The van der Waals surface area contributed by atoms with Crippen LogP contribution in [0.4, 0.5) is 0 Å². The minimum Gasteiger partial charge on any atom is -0.480 e. The third kappa shape index (κ3) is 2.88. The number of aliphatic carboxylic acids is 1. The molecule has 0 radical (unpaired) electrons. The first-order valence-electron chi connectivity index (χ1n) is 4.53. The SMILES string of the molecule is O=C(O)COCc1nc(-c2cccs2)cs1. The summed E-state index contributed by atoms with van der Waals surface area (Å²) in [6.07, 6.45) is 0. The summed E-state index contributed by atoms with van der Waals surface area (Å²) in [4.78, 5) is 15.7. The fourth-order valence-corrected chi connectivity index (χ4v) is 2.63. The van der Waals surface area contributed by atoms with E-state index in [4.69, 9.17) is 9.84 Å². The molecule has 0 aliphatic carbocycles. The number of hydrogen-bond donors (Lipinski definition) is 1. The molecule has 0 aromatic carbocycles. The molecule has 0 spiro atoms. The molecule has 1 N–H and O–H groups in total. The number of rotatable bonds is 5. The molecular weight excluding hydrogens is 246 g/mol. The van der Waals surface area contributed by atoms with Gasteiger partial charge >= 0.3 is 5.97 Å². The van der Waals surface area contributed by atoms with Crippen LogP contribution in [-0.4, -0.2) is 22.7 Å². The number of nitrogens with zero attached hydrogens (tertiary/aromatic N) is 1. The Bertz CT molecular complexity index is 464. The summed E-state index contributed by atoms with van der Waals surface area (Å²) < 4.78 is 4.96. The van der Waals surface area contributed by atoms with Crippen molar-refractivity contribution in [1.82, 2.24) is 4.98 Å². The van der Waals surface area contributed by atoms with Gasteiger partial charge in [-0.15, -0.1) is 22.7 Å². The van der Waals surface area contributed by atoms with Crippen LogP contribution in [0.5, 0.6) is 0 Å². The summed E-state index contributed by atoms with van der Waals surface area (Å²) in [6.45, 7) is -0.0315. The third-order valence-electron chi connectivity index (χ3n) is 1.78. The standard InChI is InChI=1S/C10H9NO3S2/c12-10(13)5-14-4-9-11-7(6-16-9)8-2-1-3-15-8/h1-3,6H,4-5H2,(H,12,13). The number of hydrogen-bond acceptors (Lipinski definition) is 5. The second-order valence-corrected chi connectivity index (χ2v) is 4.88. The van der Waals surface area contributed by atoms with E-state index >= 15 is 0 Å². The minimum absolute atomic E-state index is 0.252. The molecule has 6 heteroatoms. The Labute approximate surface area is 100 Å². The van der Waals surface area contributed by atoms with Gasteiger partial charge in [-0.2, -0.15) is 0 Å². The highest BCUT2D eigenvalue weighted by molar-refractivity contribution is 7.14. The van der Waals surface area contributed by atoms with Crippen molar-refractivity contribution in [3.05, 3.63) is 27.9 Å². The molecule has 0 saturated heterocycles. The fourth-order valence-electron chi connectivity index (χ4n) is 1.14. The topological polar surface area (TPSA) is 59.4 Å². The summed E-state index contributed by atoms with van der Waals surface area (Å²) in [5, 5.41) is 13.1. The first kappa shape index (κ1) is 11.3. The number of carboxylic acid groups (broad SMARTS) is 1. The van der Waals surface area contributed by atoms with E-state index in [9.17, 15) is 4.79 Å². The zero-order chi connectivity index (χ0) is 11.4. The van der Waals surface area contributed by atoms with Crippen LogP contribution in [0, 0.1) is 0 Å². The molecule has 0 aliphatic rings. The van der Waals surface area contributed by atoms with Crippen LogP contribution in [0.15, 0.2) is 22.9 Å². The Morgan fingerprint density at radius 3 is 3.06 bits per heavy atom. The molecule has 2 aromatic heterocycles. The summed E-state index contributed by atoms with van der Waals surface area (Å²) in [5.41, 5.74) is 0.925. The lowest BCUT2D eigenvalue weighted by molar-refractivity contribution is -0.142. The van der Waals surface area contributed by atoms with E-state index in [1.165, 1.54) is 11.3 Å². The zero-order valence-electron chi connectivity index (χ0n) is 8.25. The van der Waals surface area contributed by atoms with E-state index in [1.807, 2.05) is 22.9 Å². The van der Waals surface area contributed by atoms with Gasteiger partial charge in [-0.1, -0.05) is 6.07 Å². The zero-order valence-corrected chi connectivity index (χ0v) is 9.88. The maximum atomic E-state index is 10.2. The first-order chi connectivity index (χ1) is 7.75. The molecule has 2 rings (SSSR count). The van der Waals surface area contributed by atoms with E-state index in [2.05, 4.69) is 4.98 Å². The Kier molecular flexibility index (Phi) is 3.66. The van der Waals surface area contributed by atoms with Gasteiger partial charge in [0.05, 0.1) is 17.2 Å². The maximum absolute atomic E-state index is 10.2. The van der Waals surface area contributed by atoms with Gasteiger partial charge in [0, 0.05) is 5.38 Å². The summed E-state index contributed by atoms with van der Waals surface area (Å²) in [6, 6.07) is 3.97. The summed E-state index contributed by atoms with van der Waals surface area (Å²) in [5.74, 6) is -0.963. The Morgan fingerprint density at radius 1 is 1.50 bits per heavy atom. The van der Waals surface area contributed by atoms with Crippen LogP contribution in [0.1, 0.15) is 5.01 Å². The quantitative estimate of drug-likeness (QED) is 0.891. The van der Waals surface area contributed by atoms with Crippen LogP contribution in [0.2, 0.25) is 0 Å². The normalized spacial score (nSPS) is 10.5. The van der Waals surface area contributed by atoms with E-state index in [1.54, 1.807) is 11.3 Å². The molecule has 0 atom stereocenters. The smallest absolute Gasteiger partial charge is 0.329 e. The van der Waals surface area contributed by atoms with Gasteiger partial charge in [0.2, 0.25) is 0 Å². The van der Waals surface area contributed by atoms with Crippen molar-refractivity contribution in [2.75, 3.05) is 6.61 Å². The third-order valence-corrected chi connectivity index (χ3v) is 3.49. The Morgan fingerprint density at radius 2 is 2.38 bits per heavy atom. The summed E-state index contributed by atoms with van der Waals surface area (Å²) >= 11 is 3.10. The van der Waals surface area contributed by atoms with Crippen molar-refractivity contribution >= 4 is 28.6 Å². The highest BCUT2D eigenvalue weighted by Gasteiger charge is 2.06. The van der Waals surface area contributed by atoms with Crippen molar-refractivity contribution in [2.24, 2.45) is 0 Å². The van der Waals surface area contributed by atoms with Crippen LogP contribution in [0.25, 0.3) is 10.6 Å². The predicted molar refractivity (Wildman–Crippen MR) is 62.7 cm³/mol. The molecule has 0 bridgehead atoms. The second kappa shape index (κ2) is 5.20. The van der Waals surface area contributed by atoms with Crippen LogP contribution in [0.3, 0.4) is 0 Å². The maximum Gasteiger partial charge on any atom is 0.329 e. The highest BCUT2D eigenvalue weighted by atomic mass is 32.1. The van der Waals surface area contributed by atoms with Gasteiger partial charge in [-0.3, -0.25) is 0 Å². The molecule has 0 amide bonds. The molecule has 0 saturated carbocycles. The Balaban J connectivity index is 1.95. The number of carbonyl (C=O) groups is 1. The molecule has 16 heavy (non-hydrogen) atoms. The van der Waals surface area contributed by atoms with Crippen LogP contribution in [-0.2, 0) is 16.1 Å². The highest BCUT2D eigenvalue weighted by Crippen LogP contribution is 2.26. The second-order valence-electron chi connectivity index (χ2n) is 2.99. The van der Waals surface area contributed by atoms with Crippen LogP contribution < -0.4 is 0 Å². The van der Waals surface area contributed by atoms with Gasteiger partial charge < -0.3 is 9.84 Å². The van der Waals surface area contributed by atoms with Gasteiger partial charge in [-0.25, -0.2) is 9.78 Å². The first-order valence-corrected chi connectivity index (χ1v) is 6.29. The van der Waals surface area contributed by atoms with Crippen molar-refractivity contribution in [3.8, 4) is 10.6 Å². The van der Waals surface area contributed by atoms with Crippen molar-refractivity contribution < 1.29 is 14.6 Å². The van der Waals surface area contributed by atoms with Gasteiger partial charge in [-0.05, 0) is 11.4 Å². The number of ether oxygens (including phenoxy) is 1. The van der Waals surface area contributed by atoms with Gasteiger partial charge in [0.25, 0.3) is 0 Å². The lowest BCUT2D eigenvalue weighted by Gasteiger charge is -1.96. The molecule has 2 aromatic rings. The van der Waals surface area contributed by atoms with E-state index in [0.29, 0.717) is 0 Å². The minimum atomic E-state index is -0.963. The fraction of sp³-hybridized carbons (Fsp3) is 0.200. The molecular formula is C10H9NO3S2. The molecule has 84 valence electrons. The number of thiazole rings is 1. The van der Waals surface area contributed by atoms with Crippen molar-refractivity contribution in [1.29, 1.82) is 0 Å². The lowest BCUT2D eigenvalue weighted by Crippen LogP contribution is -2.06. The van der Waals surface area contributed by atoms with E-state index in [-0.39, 0.29) is 13.2 Å². The molecule has 0 unspecified atom stereocenters. The predicted octanol–water partition coefficient (Wildman–Crippen LogP) is 2.47. The van der Waals surface area contributed by atoms with Crippen molar-refractivity contribution in [2.45, 2.75) is 6.61 Å². The molecule has 0 aliphatic heterocycles. The van der Waals surface area contributed by atoms with E-state index < -0.39 is 5.97 Å². The summed E-state index contributed by atoms with van der Waals surface area (Å²) in [7, 11) is 0. The molecule has 2 heterocycles. The van der Waals surface area contributed by atoms with Gasteiger partial charge in [0.1, 0.15) is 11.6 Å². The van der Waals surface area contributed by atoms with Gasteiger partial charge in [0.15, 0.2) is 0 Å². The largest absolute Gasteiger partial charge is 0.480 e.